The quantitative estimate of drug-likeness (QED) is 0.720. The van der Waals surface area contributed by atoms with Crippen LogP contribution in [0, 0.1) is 0 Å². The Bertz CT molecular complexity index is 941. The van der Waals surface area contributed by atoms with Gasteiger partial charge in [-0.3, -0.25) is 4.79 Å². The van der Waals surface area contributed by atoms with Crippen molar-refractivity contribution in [3.63, 3.8) is 0 Å². The predicted octanol–water partition coefficient (Wildman–Crippen LogP) is 3.80. The van der Waals surface area contributed by atoms with Crippen LogP contribution in [0.25, 0.3) is 11.0 Å². The van der Waals surface area contributed by atoms with Crippen LogP contribution in [0.15, 0.2) is 54.7 Å². The second kappa shape index (κ2) is 7.22. The van der Waals surface area contributed by atoms with Crippen LogP contribution in [-0.2, 0) is 4.74 Å². The molecule has 4 rings (SSSR count). The Morgan fingerprint density at radius 2 is 2.08 bits per heavy atom. The van der Waals surface area contributed by atoms with Crippen LogP contribution >= 0.6 is 0 Å². The number of nitrogens with zero attached hydrogens (tertiary/aromatic N) is 3. The summed E-state index contributed by atoms with van der Waals surface area (Å²) >= 11 is 0. The first-order chi connectivity index (χ1) is 12.8. The van der Waals surface area contributed by atoms with Crippen molar-refractivity contribution < 1.29 is 9.53 Å². The Hall–Kier alpha value is -2.79. The number of hydrogen-bond acceptors (Lipinski definition) is 4. The fraction of sp³-hybridized carbons (Fsp3) is 0.286. The van der Waals surface area contributed by atoms with E-state index in [0.717, 1.165) is 30.5 Å². The molecule has 1 atom stereocenters. The lowest BCUT2D eigenvalue weighted by Crippen LogP contribution is -2.37. The van der Waals surface area contributed by atoms with Crippen LogP contribution in [0.5, 0.6) is 0 Å². The molecule has 0 radical (unpaired) electrons. The largest absolute Gasteiger partial charge is 0.385 e. The van der Waals surface area contributed by atoms with Gasteiger partial charge in [-0.05, 0) is 54.7 Å². The Balaban J connectivity index is 1.66. The van der Waals surface area contributed by atoms with Gasteiger partial charge in [-0.25, -0.2) is 9.97 Å². The number of hydrogen-bond donors (Lipinski definition) is 0. The topological polar surface area (TPSA) is 55.3 Å². The lowest BCUT2D eigenvalue weighted by atomic mass is 9.87. The van der Waals surface area contributed by atoms with Crippen molar-refractivity contribution in [3.8, 4) is 0 Å². The van der Waals surface area contributed by atoms with Gasteiger partial charge in [0.15, 0.2) is 5.65 Å². The van der Waals surface area contributed by atoms with E-state index in [-0.39, 0.29) is 5.91 Å². The maximum absolute atomic E-state index is 13.1. The molecule has 3 aromatic rings. The number of pyridine rings is 2. The van der Waals surface area contributed by atoms with Gasteiger partial charge < -0.3 is 9.64 Å². The van der Waals surface area contributed by atoms with Gasteiger partial charge in [-0.15, -0.1) is 0 Å². The highest BCUT2D eigenvalue weighted by molar-refractivity contribution is 6.06. The van der Waals surface area contributed by atoms with Crippen molar-refractivity contribution in [1.82, 2.24) is 9.97 Å². The molecule has 0 saturated heterocycles. The Labute approximate surface area is 152 Å². The van der Waals surface area contributed by atoms with E-state index in [9.17, 15) is 4.79 Å². The molecule has 1 aliphatic rings. The number of methoxy groups -OCH3 is 1. The average molecular weight is 347 g/mol. The molecule has 5 nitrogen and oxygen atoms in total. The summed E-state index contributed by atoms with van der Waals surface area (Å²) in [6.07, 6.45) is 3.59. The van der Waals surface area contributed by atoms with E-state index in [1.165, 1.54) is 5.56 Å². The third-order valence-electron chi connectivity index (χ3n) is 4.97. The standard InChI is InChI=1S/C21H21N3O2/c1-26-14-11-15-10-13-24(19-7-3-2-6-17(15)19)21(25)18-9-8-16-5-4-12-22-20(16)23-18/h2-9,12,15H,10-11,13-14H2,1H3. The zero-order valence-electron chi connectivity index (χ0n) is 14.8. The zero-order valence-corrected chi connectivity index (χ0v) is 14.8. The normalized spacial score (nSPS) is 16.5. The highest BCUT2D eigenvalue weighted by atomic mass is 16.5. The van der Waals surface area contributed by atoms with Crippen molar-refractivity contribution in [2.24, 2.45) is 0 Å². The average Bonchev–Trinajstić information content (AvgIpc) is 2.71. The van der Waals surface area contributed by atoms with Crippen molar-refractivity contribution in [1.29, 1.82) is 0 Å². The van der Waals surface area contributed by atoms with Crippen LogP contribution in [-0.4, -0.2) is 36.1 Å². The van der Waals surface area contributed by atoms with Gasteiger partial charge >= 0.3 is 0 Å². The van der Waals surface area contributed by atoms with E-state index < -0.39 is 0 Å². The Kier molecular flexibility index (Phi) is 4.63. The Morgan fingerprint density at radius 3 is 2.96 bits per heavy atom. The first-order valence-electron chi connectivity index (χ1n) is 8.89. The highest BCUT2D eigenvalue weighted by Crippen LogP contribution is 2.37. The van der Waals surface area contributed by atoms with Gasteiger partial charge in [0, 0.05) is 37.5 Å². The van der Waals surface area contributed by atoms with Gasteiger partial charge in [0.2, 0.25) is 0 Å². The van der Waals surface area contributed by atoms with E-state index in [4.69, 9.17) is 4.74 Å². The molecular formula is C21H21N3O2. The van der Waals surface area contributed by atoms with E-state index >= 15 is 0 Å². The molecule has 0 saturated carbocycles. The van der Waals surface area contributed by atoms with Crippen molar-refractivity contribution >= 4 is 22.6 Å². The highest BCUT2D eigenvalue weighted by Gasteiger charge is 2.29. The van der Waals surface area contributed by atoms with E-state index in [0.29, 0.717) is 23.8 Å². The second-order valence-electron chi connectivity index (χ2n) is 6.53. The predicted molar refractivity (Wildman–Crippen MR) is 102 cm³/mol. The van der Waals surface area contributed by atoms with Crippen LogP contribution < -0.4 is 4.90 Å². The second-order valence-corrected chi connectivity index (χ2v) is 6.53. The molecule has 132 valence electrons. The molecule has 1 aromatic carbocycles. The molecule has 5 heteroatoms. The maximum atomic E-state index is 13.1. The van der Waals surface area contributed by atoms with Gasteiger partial charge in [0.1, 0.15) is 5.69 Å². The smallest absolute Gasteiger partial charge is 0.276 e. The number of ether oxygens (including phenoxy) is 1. The number of amides is 1. The summed E-state index contributed by atoms with van der Waals surface area (Å²) in [7, 11) is 1.73. The monoisotopic (exact) mass is 347 g/mol. The van der Waals surface area contributed by atoms with Gasteiger partial charge in [-0.2, -0.15) is 0 Å². The minimum atomic E-state index is -0.0739. The summed E-state index contributed by atoms with van der Waals surface area (Å²) in [4.78, 5) is 23.7. The van der Waals surface area contributed by atoms with Crippen LogP contribution in [0.4, 0.5) is 5.69 Å². The fourth-order valence-electron chi connectivity index (χ4n) is 3.62. The molecule has 0 bridgehead atoms. The summed E-state index contributed by atoms with van der Waals surface area (Å²) < 4.78 is 5.25. The molecule has 1 unspecified atom stereocenters. The molecule has 26 heavy (non-hydrogen) atoms. The number of carbonyl (C=O) groups is 1. The molecule has 1 amide bonds. The van der Waals surface area contributed by atoms with Crippen molar-refractivity contribution in [3.05, 3.63) is 66.0 Å². The summed E-state index contributed by atoms with van der Waals surface area (Å²) in [6.45, 7) is 1.41. The van der Waals surface area contributed by atoms with E-state index in [1.54, 1.807) is 19.4 Å². The lowest BCUT2D eigenvalue weighted by Gasteiger charge is -2.34. The number of anilines is 1. The molecule has 0 spiro atoms. The number of fused-ring (bicyclic) bond motifs is 2. The fourth-order valence-corrected chi connectivity index (χ4v) is 3.62. The summed E-state index contributed by atoms with van der Waals surface area (Å²) in [5.74, 6) is 0.344. The lowest BCUT2D eigenvalue weighted by molar-refractivity contribution is 0.0979. The first-order valence-corrected chi connectivity index (χ1v) is 8.89. The number of carbonyl (C=O) groups excluding carboxylic acids is 1. The van der Waals surface area contributed by atoms with Gasteiger partial charge in [0.25, 0.3) is 5.91 Å². The minimum Gasteiger partial charge on any atom is -0.385 e. The summed E-state index contributed by atoms with van der Waals surface area (Å²) in [5.41, 5.74) is 3.22. The maximum Gasteiger partial charge on any atom is 0.276 e. The van der Waals surface area contributed by atoms with Crippen LogP contribution in [0.2, 0.25) is 0 Å². The number of aromatic nitrogens is 2. The molecule has 2 aromatic heterocycles. The number of rotatable bonds is 4. The van der Waals surface area contributed by atoms with Crippen LogP contribution in [0.1, 0.15) is 34.8 Å². The first kappa shape index (κ1) is 16.7. The van der Waals surface area contributed by atoms with Gasteiger partial charge in [0.05, 0.1) is 0 Å². The molecule has 0 fully saturated rings. The zero-order chi connectivity index (χ0) is 17.9. The third-order valence-corrected chi connectivity index (χ3v) is 4.97. The molecule has 0 aliphatic carbocycles. The summed E-state index contributed by atoms with van der Waals surface area (Å²) in [6, 6.07) is 15.6. The molecule has 3 heterocycles. The number of benzene rings is 1. The Morgan fingerprint density at radius 1 is 1.19 bits per heavy atom. The van der Waals surface area contributed by atoms with E-state index in [2.05, 4.69) is 16.0 Å². The molecule has 1 aliphatic heterocycles. The van der Waals surface area contributed by atoms with Crippen molar-refractivity contribution in [2.45, 2.75) is 18.8 Å². The van der Waals surface area contributed by atoms with Crippen molar-refractivity contribution in [2.75, 3.05) is 25.2 Å². The number of para-hydroxylation sites is 1. The third kappa shape index (κ3) is 3.06. The SMILES string of the molecule is COCCC1CCN(C(=O)c2ccc3cccnc3n2)c2ccccc21. The molecular weight excluding hydrogens is 326 g/mol. The van der Waals surface area contributed by atoms with Gasteiger partial charge in [-0.1, -0.05) is 18.2 Å². The molecule has 0 N–H and O–H groups in total. The summed E-state index contributed by atoms with van der Waals surface area (Å²) in [5, 5.41) is 0.933. The van der Waals surface area contributed by atoms with E-state index in [1.807, 2.05) is 41.3 Å². The van der Waals surface area contributed by atoms with Crippen LogP contribution in [0.3, 0.4) is 0 Å². The minimum absolute atomic E-state index is 0.0739.